The number of aromatic nitrogens is 2. The lowest BCUT2D eigenvalue weighted by atomic mass is 10.1. The van der Waals surface area contributed by atoms with Gasteiger partial charge in [0.2, 0.25) is 5.91 Å². The van der Waals surface area contributed by atoms with Crippen LogP contribution in [0, 0.1) is 13.8 Å². The van der Waals surface area contributed by atoms with Crippen LogP contribution in [0.2, 0.25) is 0 Å². The summed E-state index contributed by atoms with van der Waals surface area (Å²) in [4.78, 5) is 12.5. The molecule has 2 N–H and O–H groups in total. The van der Waals surface area contributed by atoms with E-state index in [4.69, 9.17) is 0 Å². The predicted molar refractivity (Wildman–Crippen MR) is 109 cm³/mol. The minimum atomic E-state index is -0.293. The molecule has 0 spiro atoms. The highest BCUT2D eigenvalue weighted by Gasteiger charge is 2.14. The molecular formula is C22H26N4O. The molecule has 1 amide bonds. The summed E-state index contributed by atoms with van der Waals surface area (Å²) in [6.07, 6.45) is 3.73. The van der Waals surface area contributed by atoms with Crippen LogP contribution in [0.1, 0.15) is 29.2 Å². The monoisotopic (exact) mass is 362 g/mol. The Labute approximate surface area is 160 Å². The first-order valence-electron chi connectivity index (χ1n) is 9.18. The summed E-state index contributed by atoms with van der Waals surface area (Å²) in [5.41, 5.74) is 5.37. The SMILES string of the molecule is Cc1cccc(C)c1NC(=O)C(C)NCc1cccc(Cn2cccn2)c1. The van der Waals surface area contributed by atoms with Gasteiger partial charge in [0.05, 0.1) is 12.6 Å². The molecule has 0 radical (unpaired) electrons. The number of aryl methyl sites for hydroxylation is 2. The summed E-state index contributed by atoms with van der Waals surface area (Å²) in [5.74, 6) is -0.0277. The lowest BCUT2D eigenvalue weighted by Crippen LogP contribution is -2.37. The van der Waals surface area contributed by atoms with Gasteiger partial charge in [0, 0.05) is 24.6 Å². The topological polar surface area (TPSA) is 59.0 Å². The first kappa shape index (κ1) is 18.9. The number of carbonyl (C=O) groups is 1. The molecule has 1 unspecified atom stereocenters. The Kier molecular flexibility index (Phi) is 6.04. The Hall–Kier alpha value is -2.92. The standard InChI is InChI=1S/C22H26N4O/c1-16-7-4-8-17(2)21(16)25-22(27)18(3)23-14-19-9-5-10-20(13-19)15-26-12-6-11-24-26/h4-13,18,23H,14-15H2,1-3H3,(H,25,27). The summed E-state index contributed by atoms with van der Waals surface area (Å²) in [6, 6.07) is 16.0. The Balaban J connectivity index is 1.57. The van der Waals surface area contributed by atoms with E-state index in [1.54, 1.807) is 6.20 Å². The molecule has 0 bridgehead atoms. The molecule has 0 saturated heterocycles. The molecule has 140 valence electrons. The smallest absolute Gasteiger partial charge is 0.241 e. The van der Waals surface area contributed by atoms with Gasteiger partial charge in [-0.3, -0.25) is 9.48 Å². The highest BCUT2D eigenvalue weighted by molar-refractivity contribution is 5.95. The average Bonchev–Trinajstić information content (AvgIpc) is 3.16. The number of benzene rings is 2. The van der Waals surface area contributed by atoms with Crippen LogP contribution in [0.4, 0.5) is 5.69 Å². The second kappa shape index (κ2) is 8.64. The van der Waals surface area contributed by atoms with Gasteiger partial charge in [0.15, 0.2) is 0 Å². The Morgan fingerprint density at radius 1 is 1.07 bits per heavy atom. The van der Waals surface area contributed by atoms with E-state index in [0.717, 1.165) is 28.9 Å². The van der Waals surface area contributed by atoms with Gasteiger partial charge in [-0.2, -0.15) is 5.10 Å². The van der Waals surface area contributed by atoms with Gasteiger partial charge < -0.3 is 10.6 Å². The lowest BCUT2D eigenvalue weighted by molar-refractivity contribution is -0.117. The normalized spacial score (nSPS) is 12.0. The van der Waals surface area contributed by atoms with Crippen molar-refractivity contribution >= 4 is 11.6 Å². The van der Waals surface area contributed by atoms with Crippen LogP contribution in [-0.4, -0.2) is 21.7 Å². The van der Waals surface area contributed by atoms with Gasteiger partial charge in [-0.15, -0.1) is 0 Å². The van der Waals surface area contributed by atoms with Crippen molar-refractivity contribution in [3.05, 3.63) is 83.2 Å². The van der Waals surface area contributed by atoms with Crippen molar-refractivity contribution in [2.24, 2.45) is 0 Å². The first-order valence-corrected chi connectivity index (χ1v) is 9.18. The number of carbonyl (C=O) groups excluding carboxylic acids is 1. The van der Waals surface area contributed by atoms with E-state index in [2.05, 4.69) is 33.9 Å². The second-order valence-corrected chi connectivity index (χ2v) is 6.88. The van der Waals surface area contributed by atoms with Crippen molar-refractivity contribution < 1.29 is 4.79 Å². The maximum absolute atomic E-state index is 12.5. The van der Waals surface area contributed by atoms with E-state index in [0.29, 0.717) is 6.54 Å². The predicted octanol–water partition coefficient (Wildman–Crippen LogP) is 3.67. The molecule has 5 heteroatoms. The van der Waals surface area contributed by atoms with Gasteiger partial charge in [0.1, 0.15) is 0 Å². The second-order valence-electron chi connectivity index (χ2n) is 6.88. The molecule has 3 aromatic rings. The molecule has 2 aromatic carbocycles. The molecule has 1 aromatic heterocycles. The summed E-state index contributed by atoms with van der Waals surface area (Å²) in [6.45, 7) is 7.27. The molecule has 0 aliphatic carbocycles. The van der Waals surface area contributed by atoms with Crippen LogP contribution in [0.15, 0.2) is 60.9 Å². The number of hydrogen-bond donors (Lipinski definition) is 2. The maximum Gasteiger partial charge on any atom is 0.241 e. The van der Waals surface area contributed by atoms with Crippen molar-refractivity contribution in [2.45, 2.75) is 39.9 Å². The van der Waals surface area contributed by atoms with Crippen molar-refractivity contribution in [1.29, 1.82) is 0 Å². The largest absolute Gasteiger partial charge is 0.324 e. The molecule has 1 atom stereocenters. The fourth-order valence-corrected chi connectivity index (χ4v) is 3.03. The highest BCUT2D eigenvalue weighted by atomic mass is 16.2. The first-order chi connectivity index (χ1) is 13.0. The number of rotatable bonds is 7. The quantitative estimate of drug-likeness (QED) is 0.674. The Bertz CT molecular complexity index is 882. The van der Waals surface area contributed by atoms with Crippen LogP contribution in [-0.2, 0) is 17.9 Å². The molecule has 0 aliphatic heterocycles. The van der Waals surface area contributed by atoms with E-state index in [1.165, 1.54) is 5.56 Å². The van der Waals surface area contributed by atoms with Crippen LogP contribution in [0.5, 0.6) is 0 Å². The third kappa shape index (κ3) is 5.05. The maximum atomic E-state index is 12.5. The number of amides is 1. The number of anilines is 1. The van der Waals surface area contributed by atoms with E-state index in [-0.39, 0.29) is 11.9 Å². The van der Waals surface area contributed by atoms with Gasteiger partial charge in [-0.1, -0.05) is 42.5 Å². The van der Waals surface area contributed by atoms with Crippen LogP contribution < -0.4 is 10.6 Å². The number of nitrogens with one attached hydrogen (secondary N) is 2. The number of nitrogens with zero attached hydrogens (tertiary/aromatic N) is 2. The minimum absolute atomic E-state index is 0.0277. The molecule has 3 rings (SSSR count). The third-order valence-electron chi connectivity index (χ3n) is 4.63. The van der Waals surface area contributed by atoms with Crippen LogP contribution in [0.3, 0.4) is 0 Å². The zero-order valence-electron chi connectivity index (χ0n) is 16.1. The summed E-state index contributed by atoms with van der Waals surface area (Å²) in [7, 11) is 0. The summed E-state index contributed by atoms with van der Waals surface area (Å²) >= 11 is 0. The van der Waals surface area contributed by atoms with Crippen molar-refractivity contribution in [1.82, 2.24) is 15.1 Å². The van der Waals surface area contributed by atoms with E-state index in [1.807, 2.05) is 62.0 Å². The zero-order chi connectivity index (χ0) is 19.2. The molecule has 1 heterocycles. The lowest BCUT2D eigenvalue weighted by Gasteiger charge is -2.17. The van der Waals surface area contributed by atoms with Gasteiger partial charge in [-0.25, -0.2) is 0 Å². The van der Waals surface area contributed by atoms with Crippen LogP contribution in [0.25, 0.3) is 0 Å². The van der Waals surface area contributed by atoms with Crippen molar-refractivity contribution in [2.75, 3.05) is 5.32 Å². The fourth-order valence-electron chi connectivity index (χ4n) is 3.03. The molecular weight excluding hydrogens is 336 g/mol. The third-order valence-corrected chi connectivity index (χ3v) is 4.63. The summed E-state index contributed by atoms with van der Waals surface area (Å²) in [5, 5.41) is 10.6. The van der Waals surface area contributed by atoms with E-state index < -0.39 is 0 Å². The molecule has 0 aliphatic rings. The summed E-state index contributed by atoms with van der Waals surface area (Å²) < 4.78 is 1.90. The Morgan fingerprint density at radius 2 is 1.78 bits per heavy atom. The van der Waals surface area contributed by atoms with Crippen molar-refractivity contribution in [3.8, 4) is 0 Å². The van der Waals surface area contributed by atoms with E-state index >= 15 is 0 Å². The van der Waals surface area contributed by atoms with Crippen LogP contribution >= 0.6 is 0 Å². The fraction of sp³-hybridized carbons (Fsp3) is 0.273. The number of hydrogen-bond acceptors (Lipinski definition) is 3. The molecule has 0 fully saturated rings. The van der Waals surface area contributed by atoms with Gasteiger partial charge in [0.25, 0.3) is 0 Å². The van der Waals surface area contributed by atoms with Gasteiger partial charge in [-0.05, 0) is 49.1 Å². The molecule has 5 nitrogen and oxygen atoms in total. The highest BCUT2D eigenvalue weighted by Crippen LogP contribution is 2.19. The van der Waals surface area contributed by atoms with E-state index in [9.17, 15) is 4.79 Å². The minimum Gasteiger partial charge on any atom is -0.324 e. The Morgan fingerprint density at radius 3 is 2.48 bits per heavy atom. The van der Waals surface area contributed by atoms with Crippen molar-refractivity contribution in [3.63, 3.8) is 0 Å². The molecule has 0 saturated carbocycles. The number of para-hydroxylation sites is 1. The average molecular weight is 362 g/mol. The molecule has 27 heavy (non-hydrogen) atoms. The zero-order valence-corrected chi connectivity index (χ0v) is 16.1. The van der Waals surface area contributed by atoms with Gasteiger partial charge >= 0.3 is 0 Å².